The molecule has 3 nitrogen and oxygen atoms in total. The van der Waals surface area contributed by atoms with Gasteiger partial charge in [-0.05, 0) is 50.3 Å². The average molecular weight is 243 g/mol. The van der Waals surface area contributed by atoms with Gasteiger partial charge in [-0.25, -0.2) is 0 Å². The highest BCUT2D eigenvalue weighted by molar-refractivity contribution is 5.60. The second kappa shape index (κ2) is 5.41. The molecule has 0 bridgehead atoms. The summed E-state index contributed by atoms with van der Waals surface area (Å²) in [5, 5.41) is 9.25. The number of rotatable bonds is 2. The van der Waals surface area contributed by atoms with E-state index in [9.17, 15) is 5.26 Å². The number of hydrogen-bond acceptors (Lipinski definition) is 3. The molecule has 1 aliphatic rings. The van der Waals surface area contributed by atoms with Gasteiger partial charge in [-0.2, -0.15) is 5.26 Å². The fraction of sp³-hybridized carbons (Fsp3) is 0.533. The molecule has 2 rings (SSSR count). The number of piperidine rings is 1. The lowest BCUT2D eigenvalue weighted by atomic mass is 9.91. The van der Waals surface area contributed by atoms with E-state index in [-0.39, 0.29) is 6.04 Å². The van der Waals surface area contributed by atoms with E-state index in [0.29, 0.717) is 5.92 Å². The first-order valence-electron chi connectivity index (χ1n) is 6.63. The second-order valence-electron chi connectivity index (χ2n) is 5.34. The molecule has 1 aliphatic heterocycles. The molecule has 0 aliphatic carbocycles. The Balaban J connectivity index is 2.23. The third kappa shape index (κ3) is 2.65. The van der Waals surface area contributed by atoms with Crippen LogP contribution in [-0.2, 0) is 0 Å². The summed E-state index contributed by atoms with van der Waals surface area (Å²) in [5.74, 6) is 0.534. The van der Waals surface area contributed by atoms with Crippen LogP contribution < -0.4 is 10.6 Å². The van der Waals surface area contributed by atoms with Gasteiger partial charge in [0.05, 0.1) is 11.3 Å². The van der Waals surface area contributed by atoms with Crippen LogP contribution in [0.15, 0.2) is 18.2 Å². The molecule has 2 N–H and O–H groups in total. The van der Waals surface area contributed by atoms with Crippen LogP contribution in [0.4, 0.5) is 5.69 Å². The van der Waals surface area contributed by atoms with Crippen LogP contribution in [0, 0.1) is 24.2 Å². The molecule has 0 radical (unpaired) electrons. The van der Waals surface area contributed by atoms with Crippen LogP contribution in [-0.4, -0.2) is 19.1 Å². The van der Waals surface area contributed by atoms with Gasteiger partial charge in [0.1, 0.15) is 6.07 Å². The molecular formula is C15H21N3. The van der Waals surface area contributed by atoms with E-state index < -0.39 is 0 Å². The Morgan fingerprint density at radius 1 is 1.50 bits per heavy atom. The lowest BCUT2D eigenvalue weighted by molar-refractivity contribution is 0.364. The molecule has 1 aromatic rings. The summed E-state index contributed by atoms with van der Waals surface area (Å²) in [4.78, 5) is 2.32. The number of anilines is 1. The number of nitrogens with zero attached hydrogens (tertiary/aromatic N) is 2. The zero-order chi connectivity index (χ0) is 13.1. The highest BCUT2D eigenvalue weighted by atomic mass is 15.1. The van der Waals surface area contributed by atoms with Gasteiger partial charge in [0.2, 0.25) is 0 Å². The van der Waals surface area contributed by atoms with Crippen molar-refractivity contribution >= 4 is 5.69 Å². The van der Waals surface area contributed by atoms with Crippen molar-refractivity contribution in [3.05, 3.63) is 29.3 Å². The Bertz CT molecular complexity index is 459. The van der Waals surface area contributed by atoms with Crippen molar-refractivity contribution in [1.82, 2.24) is 0 Å². The van der Waals surface area contributed by atoms with E-state index in [1.54, 1.807) is 0 Å². The normalized spacial score (nSPS) is 21.4. The van der Waals surface area contributed by atoms with Crippen LogP contribution in [0.5, 0.6) is 0 Å². The minimum Gasteiger partial charge on any atom is -0.370 e. The topological polar surface area (TPSA) is 53.0 Å². The standard InChI is InChI=1S/C15H21N3/c1-11-5-6-15(14(8-11)9-16)18-7-3-4-13(10-18)12(2)17/h5-6,8,12-13H,3-4,7,10,17H2,1-2H3. The fourth-order valence-electron chi connectivity index (χ4n) is 2.67. The molecule has 0 spiro atoms. The Hall–Kier alpha value is -1.53. The van der Waals surface area contributed by atoms with Gasteiger partial charge in [0, 0.05) is 19.1 Å². The maximum absolute atomic E-state index is 9.25. The van der Waals surface area contributed by atoms with Gasteiger partial charge in [0.25, 0.3) is 0 Å². The number of nitriles is 1. The lowest BCUT2D eigenvalue weighted by Gasteiger charge is -2.36. The maximum atomic E-state index is 9.25. The summed E-state index contributed by atoms with van der Waals surface area (Å²) in [6.07, 6.45) is 2.35. The molecule has 1 fully saturated rings. The highest BCUT2D eigenvalue weighted by Gasteiger charge is 2.24. The number of hydrogen-bond donors (Lipinski definition) is 1. The van der Waals surface area contributed by atoms with Crippen LogP contribution in [0.25, 0.3) is 0 Å². The van der Waals surface area contributed by atoms with Crippen molar-refractivity contribution in [1.29, 1.82) is 5.26 Å². The largest absolute Gasteiger partial charge is 0.370 e. The monoisotopic (exact) mass is 243 g/mol. The summed E-state index contributed by atoms with van der Waals surface area (Å²) >= 11 is 0. The molecule has 0 saturated carbocycles. The molecule has 1 saturated heterocycles. The molecule has 96 valence electrons. The van der Waals surface area contributed by atoms with Gasteiger partial charge in [-0.1, -0.05) is 6.07 Å². The Labute approximate surface area is 109 Å². The number of benzene rings is 1. The fourth-order valence-corrected chi connectivity index (χ4v) is 2.67. The predicted molar refractivity (Wildman–Crippen MR) is 74.5 cm³/mol. The van der Waals surface area contributed by atoms with E-state index in [1.165, 1.54) is 6.42 Å². The first kappa shape index (κ1) is 12.9. The zero-order valence-corrected chi connectivity index (χ0v) is 11.2. The van der Waals surface area contributed by atoms with Crippen molar-refractivity contribution in [3.8, 4) is 6.07 Å². The molecular weight excluding hydrogens is 222 g/mol. The summed E-state index contributed by atoms with van der Waals surface area (Å²) in [6.45, 7) is 6.09. The van der Waals surface area contributed by atoms with E-state index >= 15 is 0 Å². The first-order valence-corrected chi connectivity index (χ1v) is 6.63. The van der Waals surface area contributed by atoms with E-state index in [4.69, 9.17) is 5.73 Å². The minimum absolute atomic E-state index is 0.226. The Kier molecular flexibility index (Phi) is 3.88. The van der Waals surface area contributed by atoms with E-state index in [2.05, 4.69) is 30.0 Å². The summed E-state index contributed by atoms with van der Waals surface area (Å²) in [6, 6.07) is 8.64. The quantitative estimate of drug-likeness (QED) is 0.868. The average Bonchev–Trinajstić information content (AvgIpc) is 2.38. The van der Waals surface area contributed by atoms with E-state index in [0.717, 1.165) is 36.3 Å². The predicted octanol–water partition coefficient (Wildman–Crippen LogP) is 2.43. The molecule has 2 atom stereocenters. The van der Waals surface area contributed by atoms with Gasteiger partial charge >= 0.3 is 0 Å². The van der Waals surface area contributed by atoms with Crippen molar-refractivity contribution in [2.75, 3.05) is 18.0 Å². The molecule has 1 heterocycles. The Morgan fingerprint density at radius 2 is 2.28 bits per heavy atom. The molecule has 18 heavy (non-hydrogen) atoms. The number of aryl methyl sites for hydroxylation is 1. The summed E-state index contributed by atoms with van der Waals surface area (Å²) in [7, 11) is 0. The summed E-state index contributed by atoms with van der Waals surface area (Å²) in [5.41, 5.74) is 8.99. The van der Waals surface area contributed by atoms with Crippen molar-refractivity contribution in [3.63, 3.8) is 0 Å². The van der Waals surface area contributed by atoms with Gasteiger partial charge in [-0.3, -0.25) is 0 Å². The van der Waals surface area contributed by atoms with Crippen LogP contribution in [0.2, 0.25) is 0 Å². The SMILES string of the molecule is Cc1ccc(N2CCCC(C(C)N)C2)c(C#N)c1. The van der Waals surface area contributed by atoms with Crippen LogP contribution >= 0.6 is 0 Å². The zero-order valence-electron chi connectivity index (χ0n) is 11.2. The first-order chi connectivity index (χ1) is 8.61. The smallest absolute Gasteiger partial charge is 0.101 e. The van der Waals surface area contributed by atoms with Crippen molar-refractivity contribution in [2.45, 2.75) is 32.7 Å². The van der Waals surface area contributed by atoms with Gasteiger partial charge < -0.3 is 10.6 Å². The Morgan fingerprint density at radius 3 is 2.94 bits per heavy atom. The minimum atomic E-state index is 0.226. The molecule has 0 amide bonds. The maximum Gasteiger partial charge on any atom is 0.101 e. The molecule has 2 unspecified atom stereocenters. The molecule has 1 aromatic carbocycles. The number of nitrogens with two attached hydrogens (primary N) is 1. The summed E-state index contributed by atoms with van der Waals surface area (Å²) < 4.78 is 0. The third-order valence-corrected chi connectivity index (χ3v) is 3.81. The van der Waals surface area contributed by atoms with Crippen molar-refractivity contribution < 1.29 is 0 Å². The van der Waals surface area contributed by atoms with Gasteiger partial charge in [0.15, 0.2) is 0 Å². The van der Waals surface area contributed by atoms with Crippen LogP contribution in [0.1, 0.15) is 30.9 Å². The van der Waals surface area contributed by atoms with Gasteiger partial charge in [-0.15, -0.1) is 0 Å². The van der Waals surface area contributed by atoms with Crippen molar-refractivity contribution in [2.24, 2.45) is 11.7 Å². The molecule has 3 heteroatoms. The third-order valence-electron chi connectivity index (χ3n) is 3.81. The highest BCUT2D eigenvalue weighted by Crippen LogP contribution is 2.27. The molecule has 0 aromatic heterocycles. The lowest BCUT2D eigenvalue weighted by Crippen LogP contribution is -2.42. The second-order valence-corrected chi connectivity index (χ2v) is 5.34. The van der Waals surface area contributed by atoms with E-state index in [1.807, 2.05) is 13.0 Å². The van der Waals surface area contributed by atoms with Crippen LogP contribution in [0.3, 0.4) is 0 Å².